The van der Waals surface area contributed by atoms with Crippen LogP contribution in [0.2, 0.25) is 0 Å². The third-order valence-electron chi connectivity index (χ3n) is 4.50. The van der Waals surface area contributed by atoms with Gasteiger partial charge in [0.2, 0.25) is 0 Å². The summed E-state index contributed by atoms with van der Waals surface area (Å²) in [4.78, 5) is 16.6. The van der Waals surface area contributed by atoms with Crippen LogP contribution in [-0.2, 0) is 12.8 Å². The highest BCUT2D eigenvalue weighted by Crippen LogP contribution is 2.20. The number of para-hydroxylation sites is 1. The summed E-state index contributed by atoms with van der Waals surface area (Å²) in [5.74, 6) is 1.38. The summed E-state index contributed by atoms with van der Waals surface area (Å²) in [6, 6.07) is 16.1. The fourth-order valence-electron chi connectivity index (χ4n) is 3.23. The Hall–Kier alpha value is -3.54. The van der Waals surface area contributed by atoms with Crippen LogP contribution in [0, 0.1) is 0 Å². The second-order valence-corrected chi connectivity index (χ2v) is 6.14. The van der Waals surface area contributed by atoms with Gasteiger partial charge in [-0.05, 0) is 36.2 Å². The number of pyridine rings is 1. The van der Waals surface area contributed by atoms with Gasteiger partial charge in [-0.15, -0.1) is 5.10 Å². The lowest BCUT2D eigenvalue weighted by atomic mass is 10.1. The van der Waals surface area contributed by atoms with E-state index in [4.69, 9.17) is 0 Å². The van der Waals surface area contributed by atoms with Crippen LogP contribution in [0.4, 0.5) is 0 Å². The van der Waals surface area contributed by atoms with Gasteiger partial charge < -0.3 is 4.98 Å². The molecule has 0 saturated heterocycles. The monoisotopic (exact) mass is 340 g/mol. The summed E-state index contributed by atoms with van der Waals surface area (Å²) in [5, 5.41) is 5.91. The molecule has 1 N–H and O–H groups in total. The first-order chi connectivity index (χ1) is 12.9. The Morgan fingerprint density at radius 3 is 2.73 bits per heavy atom. The van der Waals surface area contributed by atoms with E-state index in [1.807, 2.05) is 30.3 Å². The predicted octanol–water partition coefficient (Wildman–Crippen LogP) is 3.45. The second kappa shape index (κ2) is 6.07. The van der Waals surface area contributed by atoms with Crippen molar-refractivity contribution in [2.75, 3.05) is 0 Å². The molecule has 0 bridgehead atoms. The van der Waals surface area contributed by atoms with Crippen LogP contribution in [0.5, 0.6) is 0 Å². The molecule has 5 aromatic rings. The molecule has 0 radical (unpaired) electrons. The van der Waals surface area contributed by atoms with Crippen LogP contribution in [0.3, 0.4) is 0 Å². The standard InChI is InChI=1S/C20H16N6/c1-2-6-16-15(5-1)14(13-23-16)8-9-19-24-20-22-12-10-18(26(20)25-19)17-7-3-4-11-21-17/h1-7,10-13,23H,8-9H2. The normalized spacial score (nSPS) is 11.4. The molecule has 6 heteroatoms. The molecule has 26 heavy (non-hydrogen) atoms. The molecule has 0 fully saturated rings. The topological polar surface area (TPSA) is 71.8 Å². The average Bonchev–Trinajstić information content (AvgIpc) is 3.30. The van der Waals surface area contributed by atoms with Gasteiger partial charge in [-0.1, -0.05) is 24.3 Å². The van der Waals surface area contributed by atoms with E-state index >= 15 is 0 Å². The van der Waals surface area contributed by atoms with Gasteiger partial charge in [-0.25, -0.2) is 4.98 Å². The van der Waals surface area contributed by atoms with Crippen LogP contribution < -0.4 is 0 Å². The van der Waals surface area contributed by atoms with Crippen molar-refractivity contribution in [2.45, 2.75) is 12.8 Å². The Labute approximate surface area is 149 Å². The van der Waals surface area contributed by atoms with Crippen molar-refractivity contribution in [1.82, 2.24) is 29.5 Å². The molecule has 0 unspecified atom stereocenters. The number of hydrogen-bond donors (Lipinski definition) is 1. The number of rotatable bonds is 4. The summed E-state index contributed by atoms with van der Waals surface area (Å²) < 4.78 is 1.77. The molecule has 0 atom stereocenters. The van der Waals surface area contributed by atoms with Crippen LogP contribution in [0.25, 0.3) is 28.1 Å². The number of aryl methyl sites for hydroxylation is 2. The van der Waals surface area contributed by atoms with Gasteiger partial charge in [-0.2, -0.15) is 9.50 Å². The number of benzene rings is 1. The maximum atomic E-state index is 4.66. The van der Waals surface area contributed by atoms with Crippen LogP contribution in [0.1, 0.15) is 11.4 Å². The molecule has 126 valence electrons. The maximum Gasteiger partial charge on any atom is 0.252 e. The zero-order chi connectivity index (χ0) is 17.3. The molecule has 0 saturated carbocycles. The first-order valence-electron chi connectivity index (χ1n) is 8.55. The molecule has 1 aromatic carbocycles. The molecule has 0 aliphatic carbocycles. The molecule has 0 amide bonds. The first-order valence-corrected chi connectivity index (χ1v) is 8.55. The Morgan fingerprint density at radius 2 is 1.81 bits per heavy atom. The number of aromatic nitrogens is 6. The van der Waals surface area contributed by atoms with E-state index in [1.54, 1.807) is 16.9 Å². The van der Waals surface area contributed by atoms with E-state index in [-0.39, 0.29) is 0 Å². The highest BCUT2D eigenvalue weighted by molar-refractivity contribution is 5.83. The van der Waals surface area contributed by atoms with Crippen LogP contribution in [0.15, 0.2) is 67.1 Å². The number of fused-ring (bicyclic) bond motifs is 2. The Bertz CT molecular complexity index is 1190. The third-order valence-corrected chi connectivity index (χ3v) is 4.50. The van der Waals surface area contributed by atoms with Gasteiger partial charge in [0.05, 0.1) is 11.4 Å². The maximum absolute atomic E-state index is 4.66. The Morgan fingerprint density at radius 1 is 0.885 bits per heavy atom. The summed E-state index contributed by atoms with van der Waals surface area (Å²) in [6.45, 7) is 0. The van der Waals surface area contributed by atoms with E-state index in [0.29, 0.717) is 5.78 Å². The van der Waals surface area contributed by atoms with Crippen molar-refractivity contribution in [1.29, 1.82) is 0 Å². The van der Waals surface area contributed by atoms with Gasteiger partial charge in [0.1, 0.15) is 0 Å². The quantitative estimate of drug-likeness (QED) is 0.544. The molecule has 0 aliphatic heterocycles. The minimum absolute atomic E-state index is 0.599. The number of nitrogens with zero attached hydrogens (tertiary/aromatic N) is 5. The van der Waals surface area contributed by atoms with Gasteiger partial charge in [0.25, 0.3) is 5.78 Å². The highest BCUT2D eigenvalue weighted by atomic mass is 15.3. The SMILES string of the molecule is c1ccc(-c2ccnc3nc(CCc4c[nH]c5ccccc45)nn23)nc1. The number of nitrogens with one attached hydrogen (secondary N) is 1. The third kappa shape index (κ3) is 2.52. The summed E-state index contributed by atoms with van der Waals surface area (Å²) in [5.41, 5.74) is 4.18. The van der Waals surface area contributed by atoms with Gasteiger partial charge in [0.15, 0.2) is 5.82 Å². The minimum Gasteiger partial charge on any atom is -0.361 e. The summed E-state index contributed by atoms with van der Waals surface area (Å²) in [7, 11) is 0. The lowest BCUT2D eigenvalue weighted by molar-refractivity contribution is 0.839. The molecule has 6 nitrogen and oxygen atoms in total. The lowest BCUT2D eigenvalue weighted by Gasteiger charge is -2.01. The van der Waals surface area contributed by atoms with Gasteiger partial charge >= 0.3 is 0 Å². The van der Waals surface area contributed by atoms with Crippen LogP contribution in [-0.4, -0.2) is 29.5 Å². The van der Waals surface area contributed by atoms with Crippen molar-refractivity contribution in [3.05, 3.63) is 78.5 Å². The van der Waals surface area contributed by atoms with Crippen molar-refractivity contribution in [2.24, 2.45) is 0 Å². The zero-order valence-corrected chi connectivity index (χ0v) is 14.0. The number of hydrogen-bond acceptors (Lipinski definition) is 4. The molecule has 5 rings (SSSR count). The van der Waals surface area contributed by atoms with E-state index in [2.05, 4.69) is 49.4 Å². The van der Waals surface area contributed by atoms with E-state index in [9.17, 15) is 0 Å². The van der Waals surface area contributed by atoms with E-state index in [1.165, 1.54) is 10.9 Å². The Kier molecular flexibility index (Phi) is 3.45. The van der Waals surface area contributed by atoms with Gasteiger partial charge in [-0.3, -0.25) is 4.98 Å². The van der Waals surface area contributed by atoms with Crippen molar-refractivity contribution >= 4 is 16.7 Å². The molecular weight excluding hydrogens is 324 g/mol. The van der Waals surface area contributed by atoms with Crippen LogP contribution >= 0.6 is 0 Å². The molecule has 4 heterocycles. The van der Waals surface area contributed by atoms with Gasteiger partial charge in [0, 0.05) is 35.9 Å². The second-order valence-electron chi connectivity index (χ2n) is 6.14. The highest BCUT2D eigenvalue weighted by Gasteiger charge is 2.11. The van der Waals surface area contributed by atoms with Crippen molar-refractivity contribution < 1.29 is 0 Å². The smallest absolute Gasteiger partial charge is 0.252 e. The Balaban J connectivity index is 1.47. The lowest BCUT2D eigenvalue weighted by Crippen LogP contribution is -1.98. The summed E-state index contributed by atoms with van der Waals surface area (Å²) >= 11 is 0. The fraction of sp³-hybridized carbons (Fsp3) is 0.100. The van der Waals surface area contributed by atoms with Crippen molar-refractivity contribution in [3.63, 3.8) is 0 Å². The number of H-pyrrole nitrogens is 1. The van der Waals surface area contributed by atoms with E-state index < -0.39 is 0 Å². The predicted molar refractivity (Wildman–Crippen MR) is 99.7 cm³/mol. The summed E-state index contributed by atoms with van der Waals surface area (Å²) in [6.07, 6.45) is 7.22. The molecule has 4 aromatic heterocycles. The minimum atomic E-state index is 0.599. The van der Waals surface area contributed by atoms with Crippen molar-refractivity contribution in [3.8, 4) is 11.4 Å². The average molecular weight is 340 g/mol. The largest absolute Gasteiger partial charge is 0.361 e. The van der Waals surface area contributed by atoms with E-state index in [0.717, 1.165) is 35.6 Å². The number of aromatic amines is 1. The zero-order valence-electron chi connectivity index (χ0n) is 14.0. The molecular formula is C20H16N6. The molecule has 0 spiro atoms. The molecule has 0 aliphatic rings. The first kappa shape index (κ1) is 14.8. The fourth-order valence-corrected chi connectivity index (χ4v) is 3.23.